The first-order valence-electron chi connectivity index (χ1n) is 10.1. The summed E-state index contributed by atoms with van der Waals surface area (Å²) < 4.78 is 19.3. The summed E-state index contributed by atoms with van der Waals surface area (Å²) in [6, 6.07) is 9.56. The van der Waals surface area contributed by atoms with Gasteiger partial charge in [-0.3, -0.25) is 4.99 Å². The summed E-state index contributed by atoms with van der Waals surface area (Å²) in [4.78, 5) is 11.1. The molecule has 3 rings (SSSR count). The lowest BCUT2D eigenvalue weighted by molar-refractivity contribution is 0.321. The topological polar surface area (TPSA) is 61.8 Å². The van der Waals surface area contributed by atoms with Crippen molar-refractivity contribution in [1.82, 2.24) is 15.6 Å². The summed E-state index contributed by atoms with van der Waals surface area (Å²) in [5.41, 5.74) is 2.02. The Hall–Kier alpha value is -2.83. The molecule has 0 spiro atoms. The van der Waals surface area contributed by atoms with E-state index in [1.165, 1.54) is 11.6 Å². The molecule has 0 amide bonds. The van der Waals surface area contributed by atoms with Crippen molar-refractivity contribution in [3.8, 4) is 5.75 Å². The Morgan fingerprint density at radius 1 is 1.28 bits per heavy atom. The van der Waals surface area contributed by atoms with Gasteiger partial charge in [-0.1, -0.05) is 12.1 Å². The van der Waals surface area contributed by atoms with Crippen LogP contribution in [0.15, 0.2) is 41.5 Å². The maximum atomic E-state index is 14.0. The number of benzene rings is 1. The molecule has 6 nitrogen and oxygen atoms in total. The van der Waals surface area contributed by atoms with Gasteiger partial charge in [0.2, 0.25) is 0 Å². The highest BCUT2D eigenvalue weighted by Gasteiger charge is 2.20. The number of nitrogens with zero attached hydrogens (tertiary/aromatic N) is 3. The third-order valence-electron chi connectivity index (χ3n) is 5.04. The third kappa shape index (κ3) is 5.82. The molecule has 0 bridgehead atoms. The molecule has 156 valence electrons. The van der Waals surface area contributed by atoms with Crippen molar-refractivity contribution in [2.24, 2.45) is 4.99 Å². The molecule has 2 N–H and O–H groups in total. The van der Waals surface area contributed by atoms with Crippen LogP contribution >= 0.6 is 0 Å². The SMILES string of the molecule is CCOc1ccc(CNC(=NC)NC2CCN(c3ccc(C)cn3)CC2)cc1F. The van der Waals surface area contributed by atoms with Gasteiger partial charge in [0.25, 0.3) is 0 Å². The summed E-state index contributed by atoms with van der Waals surface area (Å²) in [7, 11) is 1.75. The Balaban J connectivity index is 1.47. The summed E-state index contributed by atoms with van der Waals surface area (Å²) in [6.45, 7) is 6.74. The van der Waals surface area contributed by atoms with Gasteiger partial charge in [0.05, 0.1) is 6.61 Å². The fourth-order valence-corrected chi connectivity index (χ4v) is 3.40. The van der Waals surface area contributed by atoms with Gasteiger partial charge in [0.15, 0.2) is 17.5 Å². The molecule has 0 radical (unpaired) electrons. The Bertz CT molecular complexity index is 816. The summed E-state index contributed by atoms with van der Waals surface area (Å²) in [6.07, 6.45) is 3.93. The van der Waals surface area contributed by atoms with E-state index in [1.54, 1.807) is 13.1 Å². The lowest BCUT2D eigenvalue weighted by atomic mass is 10.1. The van der Waals surface area contributed by atoms with Crippen LogP contribution in [0.4, 0.5) is 10.2 Å². The summed E-state index contributed by atoms with van der Waals surface area (Å²) in [5.74, 6) is 1.71. The molecular weight excluding hydrogens is 369 g/mol. The minimum Gasteiger partial charge on any atom is -0.491 e. The molecule has 0 saturated carbocycles. The molecular formula is C22H30FN5O. The maximum absolute atomic E-state index is 14.0. The van der Waals surface area contributed by atoms with Gasteiger partial charge in [-0.05, 0) is 56.0 Å². The summed E-state index contributed by atoms with van der Waals surface area (Å²) >= 11 is 0. The van der Waals surface area contributed by atoms with Crippen LogP contribution in [0, 0.1) is 12.7 Å². The standard InChI is InChI=1S/C22H30FN5O/c1-4-29-20-7-6-17(13-19(20)23)15-26-22(24-3)27-18-9-11-28(12-10-18)21-8-5-16(2)14-25-21/h5-8,13-14,18H,4,9-12,15H2,1-3H3,(H2,24,26,27). The van der Waals surface area contributed by atoms with Gasteiger partial charge < -0.3 is 20.3 Å². The van der Waals surface area contributed by atoms with Crippen LogP contribution in [0.1, 0.15) is 30.9 Å². The first kappa shape index (κ1) is 20.9. The Kier molecular flexibility index (Phi) is 7.27. The van der Waals surface area contributed by atoms with Crippen LogP contribution in [0.25, 0.3) is 0 Å². The molecule has 1 fully saturated rings. The van der Waals surface area contributed by atoms with Gasteiger partial charge in [0, 0.05) is 38.9 Å². The lowest BCUT2D eigenvalue weighted by Gasteiger charge is -2.33. The molecule has 0 aliphatic carbocycles. The van der Waals surface area contributed by atoms with E-state index in [-0.39, 0.29) is 11.6 Å². The normalized spacial score (nSPS) is 15.3. The van der Waals surface area contributed by atoms with Crippen molar-refractivity contribution in [3.63, 3.8) is 0 Å². The van der Waals surface area contributed by atoms with Crippen molar-refractivity contribution in [3.05, 3.63) is 53.5 Å². The highest BCUT2D eigenvalue weighted by Crippen LogP contribution is 2.19. The first-order valence-corrected chi connectivity index (χ1v) is 10.1. The van der Waals surface area contributed by atoms with E-state index in [0.29, 0.717) is 19.2 Å². The van der Waals surface area contributed by atoms with Crippen molar-refractivity contribution in [1.29, 1.82) is 0 Å². The van der Waals surface area contributed by atoms with Crippen LogP contribution in [0.5, 0.6) is 5.75 Å². The highest BCUT2D eigenvalue weighted by atomic mass is 19.1. The lowest BCUT2D eigenvalue weighted by Crippen LogP contribution is -2.48. The zero-order valence-electron chi connectivity index (χ0n) is 17.4. The number of aryl methyl sites for hydroxylation is 1. The molecule has 7 heteroatoms. The number of halogens is 1. The van der Waals surface area contributed by atoms with Crippen LogP contribution in [-0.4, -0.2) is 43.7 Å². The first-order chi connectivity index (χ1) is 14.1. The predicted octanol–water partition coefficient (Wildman–Crippen LogP) is 3.26. The number of aliphatic imine (C=N–C) groups is 1. The zero-order valence-corrected chi connectivity index (χ0v) is 17.4. The number of nitrogens with one attached hydrogen (secondary N) is 2. The van der Waals surface area contributed by atoms with Gasteiger partial charge >= 0.3 is 0 Å². The average molecular weight is 400 g/mol. The van der Waals surface area contributed by atoms with E-state index in [0.717, 1.165) is 43.3 Å². The molecule has 0 unspecified atom stereocenters. The molecule has 1 aliphatic heterocycles. The number of hydrogen-bond donors (Lipinski definition) is 2. The Labute approximate surface area is 172 Å². The van der Waals surface area contributed by atoms with E-state index in [2.05, 4.69) is 37.6 Å². The van der Waals surface area contributed by atoms with E-state index in [1.807, 2.05) is 26.1 Å². The minimum absolute atomic E-state index is 0.286. The van der Waals surface area contributed by atoms with Crippen molar-refractivity contribution >= 4 is 11.8 Å². The molecule has 1 aromatic heterocycles. The van der Waals surface area contributed by atoms with Crippen molar-refractivity contribution in [2.45, 2.75) is 39.3 Å². The number of guanidine groups is 1. The average Bonchev–Trinajstić information content (AvgIpc) is 2.74. The Morgan fingerprint density at radius 3 is 2.69 bits per heavy atom. The second-order valence-electron chi connectivity index (χ2n) is 7.22. The van der Waals surface area contributed by atoms with Crippen molar-refractivity contribution in [2.75, 3.05) is 31.6 Å². The molecule has 1 aromatic carbocycles. The van der Waals surface area contributed by atoms with E-state index in [4.69, 9.17) is 4.74 Å². The smallest absolute Gasteiger partial charge is 0.191 e. The number of piperidine rings is 1. The second-order valence-corrected chi connectivity index (χ2v) is 7.22. The molecule has 2 aromatic rings. The third-order valence-corrected chi connectivity index (χ3v) is 5.04. The number of aromatic nitrogens is 1. The quantitative estimate of drug-likeness (QED) is 0.577. The molecule has 1 saturated heterocycles. The molecule has 0 atom stereocenters. The predicted molar refractivity (Wildman–Crippen MR) is 115 cm³/mol. The van der Waals surface area contributed by atoms with E-state index < -0.39 is 0 Å². The number of ether oxygens (including phenoxy) is 1. The minimum atomic E-state index is -0.341. The number of rotatable bonds is 6. The summed E-state index contributed by atoms with van der Waals surface area (Å²) in [5, 5.41) is 6.74. The van der Waals surface area contributed by atoms with Crippen LogP contribution < -0.4 is 20.3 Å². The number of anilines is 1. The fourth-order valence-electron chi connectivity index (χ4n) is 3.40. The highest BCUT2D eigenvalue weighted by molar-refractivity contribution is 5.80. The van der Waals surface area contributed by atoms with Gasteiger partial charge in [-0.2, -0.15) is 0 Å². The zero-order chi connectivity index (χ0) is 20.6. The van der Waals surface area contributed by atoms with Gasteiger partial charge in [-0.15, -0.1) is 0 Å². The largest absolute Gasteiger partial charge is 0.491 e. The van der Waals surface area contributed by atoms with Gasteiger partial charge in [-0.25, -0.2) is 9.37 Å². The number of hydrogen-bond acceptors (Lipinski definition) is 4. The molecule has 2 heterocycles. The molecule has 29 heavy (non-hydrogen) atoms. The van der Waals surface area contributed by atoms with E-state index in [9.17, 15) is 4.39 Å². The van der Waals surface area contributed by atoms with E-state index >= 15 is 0 Å². The van der Waals surface area contributed by atoms with Gasteiger partial charge in [0.1, 0.15) is 5.82 Å². The Morgan fingerprint density at radius 2 is 2.07 bits per heavy atom. The number of pyridine rings is 1. The fraction of sp³-hybridized carbons (Fsp3) is 0.455. The maximum Gasteiger partial charge on any atom is 0.191 e. The van der Waals surface area contributed by atoms with Crippen LogP contribution in [-0.2, 0) is 6.54 Å². The van der Waals surface area contributed by atoms with Crippen LogP contribution in [0.2, 0.25) is 0 Å². The molecule has 1 aliphatic rings. The van der Waals surface area contributed by atoms with Crippen molar-refractivity contribution < 1.29 is 9.13 Å². The monoisotopic (exact) mass is 399 g/mol. The second kappa shape index (κ2) is 10.1. The van der Waals surface area contributed by atoms with Crippen LogP contribution in [0.3, 0.4) is 0 Å².